The van der Waals surface area contributed by atoms with Crippen LogP contribution >= 0.6 is 12.2 Å². The van der Waals surface area contributed by atoms with E-state index in [1.54, 1.807) is 11.7 Å². The number of benzene rings is 1. The maximum Gasteiger partial charge on any atom is 0.180 e. The number of methoxy groups -OCH3 is 1. The van der Waals surface area contributed by atoms with Crippen molar-refractivity contribution < 1.29 is 4.74 Å². The van der Waals surface area contributed by atoms with E-state index in [0.717, 1.165) is 5.56 Å². The van der Waals surface area contributed by atoms with Crippen molar-refractivity contribution in [3.63, 3.8) is 0 Å². The average molecular weight is 285 g/mol. The van der Waals surface area contributed by atoms with E-state index in [9.17, 15) is 5.26 Å². The highest BCUT2D eigenvalue weighted by Gasteiger charge is 2.36. The Labute approximate surface area is 121 Å². The second kappa shape index (κ2) is 4.90. The van der Waals surface area contributed by atoms with E-state index >= 15 is 0 Å². The molecule has 0 spiro atoms. The highest BCUT2D eigenvalue weighted by molar-refractivity contribution is 7.80. The first-order valence-electron chi connectivity index (χ1n) is 5.99. The minimum atomic E-state index is -0.486. The molecule has 2 atom stereocenters. The lowest BCUT2D eigenvalue weighted by atomic mass is 9.91. The van der Waals surface area contributed by atoms with E-state index < -0.39 is 5.92 Å². The molecule has 0 fully saturated rings. The fraction of sp³-hybridized carbons (Fsp3) is 0.231. The average Bonchev–Trinajstić information content (AvgIpc) is 2.97. The third-order valence-corrected chi connectivity index (χ3v) is 3.61. The van der Waals surface area contributed by atoms with Crippen LogP contribution in [-0.4, -0.2) is 27.0 Å². The maximum atomic E-state index is 9.48. The summed E-state index contributed by atoms with van der Waals surface area (Å²) in [5.74, 6) is 0.772. The van der Waals surface area contributed by atoms with Crippen LogP contribution in [0.3, 0.4) is 0 Å². The van der Waals surface area contributed by atoms with Gasteiger partial charge in [0.25, 0.3) is 0 Å². The molecule has 100 valence electrons. The summed E-state index contributed by atoms with van der Waals surface area (Å²) < 4.78 is 6.98. The van der Waals surface area contributed by atoms with Gasteiger partial charge in [-0.15, -0.1) is 10.2 Å². The van der Waals surface area contributed by atoms with Gasteiger partial charge in [-0.05, 0) is 18.3 Å². The van der Waals surface area contributed by atoms with Crippen LogP contribution in [-0.2, 0) is 0 Å². The summed E-state index contributed by atoms with van der Waals surface area (Å²) in [6, 6.07) is 9.51. The highest BCUT2D eigenvalue weighted by atomic mass is 32.1. The first-order chi connectivity index (χ1) is 9.76. The lowest BCUT2D eigenvalue weighted by Gasteiger charge is -2.30. The Morgan fingerprint density at radius 2 is 2.25 bits per heavy atom. The summed E-state index contributed by atoms with van der Waals surface area (Å²) in [6.45, 7) is 0. The van der Waals surface area contributed by atoms with Gasteiger partial charge in [-0.1, -0.05) is 18.2 Å². The van der Waals surface area contributed by atoms with Gasteiger partial charge in [0.15, 0.2) is 10.9 Å². The molecule has 1 aromatic heterocycles. The number of nitrogens with one attached hydrogen (secondary N) is 1. The molecule has 0 saturated carbocycles. The van der Waals surface area contributed by atoms with E-state index in [-0.39, 0.29) is 6.04 Å². The van der Waals surface area contributed by atoms with E-state index in [0.29, 0.717) is 16.7 Å². The Balaban J connectivity index is 2.11. The number of ether oxygens (including phenoxy) is 1. The topological polar surface area (TPSA) is 75.8 Å². The maximum absolute atomic E-state index is 9.48. The van der Waals surface area contributed by atoms with Crippen molar-refractivity contribution in [3.8, 4) is 11.8 Å². The molecule has 0 radical (unpaired) electrons. The predicted octanol–water partition coefficient (Wildman–Crippen LogP) is 1.37. The molecular formula is C13H11N5OS. The van der Waals surface area contributed by atoms with Crippen LogP contribution < -0.4 is 10.1 Å². The first-order valence-corrected chi connectivity index (χ1v) is 6.40. The van der Waals surface area contributed by atoms with Crippen molar-refractivity contribution in [2.24, 2.45) is 0 Å². The van der Waals surface area contributed by atoms with Gasteiger partial charge >= 0.3 is 0 Å². The van der Waals surface area contributed by atoms with Crippen molar-refractivity contribution in [1.82, 2.24) is 20.1 Å². The van der Waals surface area contributed by atoms with Gasteiger partial charge in [0.2, 0.25) is 0 Å². The number of thiocarbonyl (C=S) groups is 1. The minimum Gasteiger partial charge on any atom is -0.496 e. The van der Waals surface area contributed by atoms with Crippen molar-refractivity contribution in [2.75, 3.05) is 7.11 Å². The number of fused-ring (bicyclic) bond motifs is 1. The number of hydrogen-bond acceptors (Lipinski definition) is 5. The number of aromatic nitrogens is 3. The van der Waals surface area contributed by atoms with Crippen LogP contribution in [0.4, 0.5) is 0 Å². The third kappa shape index (κ3) is 1.82. The lowest BCUT2D eigenvalue weighted by molar-refractivity contribution is 0.398. The molecule has 2 heterocycles. The van der Waals surface area contributed by atoms with Crippen molar-refractivity contribution >= 4 is 17.3 Å². The van der Waals surface area contributed by atoms with E-state index in [2.05, 4.69) is 21.6 Å². The highest BCUT2D eigenvalue weighted by Crippen LogP contribution is 2.36. The van der Waals surface area contributed by atoms with Crippen molar-refractivity contribution in [3.05, 3.63) is 42.0 Å². The fourth-order valence-corrected chi connectivity index (χ4v) is 2.63. The summed E-state index contributed by atoms with van der Waals surface area (Å²) in [5, 5.41) is 21.0. The van der Waals surface area contributed by atoms with E-state index in [1.165, 1.54) is 6.33 Å². The molecule has 20 heavy (non-hydrogen) atoms. The largest absolute Gasteiger partial charge is 0.496 e. The molecule has 0 bridgehead atoms. The zero-order valence-corrected chi connectivity index (χ0v) is 11.5. The van der Waals surface area contributed by atoms with Crippen molar-refractivity contribution in [1.29, 1.82) is 5.26 Å². The Bertz CT molecular complexity index is 705. The Hall–Kier alpha value is -2.46. The van der Waals surface area contributed by atoms with Crippen LogP contribution in [0.15, 0.2) is 30.6 Å². The predicted molar refractivity (Wildman–Crippen MR) is 75.2 cm³/mol. The standard InChI is InChI=1S/C13H11N5OS/c1-19-10-5-3-2-4-8(10)11-9(6-14)12-17-15-7-18(12)13(20)16-11/h2-5,7,9,11H,1H3,(H,16,20). The van der Waals surface area contributed by atoms with Crippen LogP contribution in [0, 0.1) is 11.3 Å². The minimum absolute atomic E-state index is 0.305. The smallest absolute Gasteiger partial charge is 0.180 e. The molecule has 0 saturated heterocycles. The Morgan fingerprint density at radius 3 is 3.00 bits per heavy atom. The van der Waals surface area contributed by atoms with Gasteiger partial charge in [-0.25, -0.2) is 0 Å². The van der Waals surface area contributed by atoms with Gasteiger partial charge in [-0.2, -0.15) is 5.26 Å². The molecular weight excluding hydrogens is 274 g/mol. The molecule has 2 aromatic rings. The molecule has 7 heteroatoms. The molecule has 1 N–H and O–H groups in total. The molecule has 1 aliphatic heterocycles. The van der Waals surface area contributed by atoms with E-state index in [4.69, 9.17) is 17.0 Å². The van der Waals surface area contributed by atoms with Crippen LogP contribution in [0.1, 0.15) is 23.3 Å². The zero-order chi connectivity index (χ0) is 14.1. The number of rotatable bonds is 2. The zero-order valence-electron chi connectivity index (χ0n) is 10.6. The van der Waals surface area contributed by atoms with Gasteiger partial charge in [0.05, 0.1) is 19.2 Å². The molecule has 1 aromatic carbocycles. The van der Waals surface area contributed by atoms with Crippen molar-refractivity contribution in [2.45, 2.75) is 12.0 Å². The molecule has 3 rings (SSSR count). The monoisotopic (exact) mass is 285 g/mol. The number of nitriles is 1. The van der Waals surface area contributed by atoms with Gasteiger partial charge in [-0.3, -0.25) is 4.57 Å². The summed E-state index contributed by atoms with van der Waals surface area (Å²) in [6.07, 6.45) is 1.51. The lowest BCUT2D eigenvalue weighted by Crippen LogP contribution is -2.41. The van der Waals surface area contributed by atoms with Crippen LogP contribution in [0.5, 0.6) is 5.75 Å². The number of para-hydroxylation sites is 1. The van der Waals surface area contributed by atoms with Crippen LogP contribution in [0.2, 0.25) is 0 Å². The Morgan fingerprint density at radius 1 is 1.45 bits per heavy atom. The quantitative estimate of drug-likeness (QED) is 0.840. The summed E-state index contributed by atoms with van der Waals surface area (Å²) in [5.41, 5.74) is 0.873. The molecule has 2 unspecified atom stereocenters. The second-order valence-electron chi connectivity index (χ2n) is 4.34. The summed E-state index contributed by atoms with van der Waals surface area (Å²) in [7, 11) is 1.60. The second-order valence-corrected chi connectivity index (χ2v) is 4.72. The summed E-state index contributed by atoms with van der Waals surface area (Å²) in [4.78, 5) is 0. The van der Waals surface area contributed by atoms with Gasteiger partial charge < -0.3 is 10.1 Å². The number of hydrogen-bond donors (Lipinski definition) is 1. The molecule has 0 aliphatic carbocycles. The van der Waals surface area contributed by atoms with Gasteiger partial charge in [0.1, 0.15) is 18.0 Å². The van der Waals surface area contributed by atoms with Crippen LogP contribution in [0.25, 0.3) is 0 Å². The SMILES string of the molecule is COc1ccccc1C1NC(=S)n2cnnc2C1C#N. The first kappa shape index (κ1) is 12.6. The van der Waals surface area contributed by atoms with Gasteiger partial charge in [0, 0.05) is 5.56 Å². The fourth-order valence-electron chi connectivity index (χ4n) is 2.36. The number of nitrogens with zero attached hydrogens (tertiary/aromatic N) is 4. The Kier molecular flexibility index (Phi) is 3.08. The molecule has 1 aliphatic rings. The summed E-state index contributed by atoms with van der Waals surface area (Å²) >= 11 is 5.29. The normalized spacial score (nSPS) is 20.7. The third-order valence-electron chi connectivity index (χ3n) is 3.30. The molecule has 6 nitrogen and oxygen atoms in total. The van der Waals surface area contributed by atoms with E-state index in [1.807, 2.05) is 24.3 Å². The molecule has 0 amide bonds.